The van der Waals surface area contributed by atoms with Crippen molar-refractivity contribution < 1.29 is 9.47 Å². The smallest absolute Gasteiger partial charge is 0.240 e. The van der Waals surface area contributed by atoms with Crippen LogP contribution >= 0.6 is 0 Å². The molecule has 1 aliphatic rings. The van der Waals surface area contributed by atoms with Crippen LogP contribution in [0.4, 0.5) is 5.69 Å². The van der Waals surface area contributed by atoms with Crippen molar-refractivity contribution in [3.63, 3.8) is 0 Å². The van der Waals surface area contributed by atoms with Gasteiger partial charge in [0.05, 0.1) is 13.2 Å². The zero-order chi connectivity index (χ0) is 10.7. The second kappa shape index (κ2) is 4.64. The van der Waals surface area contributed by atoms with Crippen molar-refractivity contribution in [1.29, 1.82) is 0 Å². The Balaban J connectivity index is 2.22. The predicted octanol–water partition coefficient (Wildman–Crippen LogP) is 2.15. The lowest BCUT2D eigenvalue weighted by Gasteiger charge is -2.29. The second-order valence-electron chi connectivity index (χ2n) is 3.62. The largest absolute Gasteiger partial charge is 0.333 e. The number of hydrogen-bond donors (Lipinski definition) is 0. The topological polar surface area (TPSA) is 21.7 Å². The molecule has 1 aromatic carbocycles. The summed E-state index contributed by atoms with van der Waals surface area (Å²) in [5.74, 6) is 0. The molecule has 0 aromatic heterocycles. The summed E-state index contributed by atoms with van der Waals surface area (Å²) in [4.78, 5) is 2.14. The van der Waals surface area contributed by atoms with Gasteiger partial charge in [-0.1, -0.05) is 18.2 Å². The molecule has 2 rings (SSSR count). The molecule has 0 radical (unpaired) electrons. The molecule has 0 saturated carbocycles. The van der Waals surface area contributed by atoms with E-state index < -0.39 is 0 Å². The van der Waals surface area contributed by atoms with Gasteiger partial charge in [0.25, 0.3) is 0 Å². The van der Waals surface area contributed by atoms with Gasteiger partial charge in [-0.25, -0.2) is 0 Å². The first-order valence-electron chi connectivity index (χ1n) is 5.38. The maximum absolute atomic E-state index is 5.52. The lowest BCUT2D eigenvalue weighted by Crippen LogP contribution is -2.36. The summed E-state index contributed by atoms with van der Waals surface area (Å²) < 4.78 is 11.0. The van der Waals surface area contributed by atoms with Crippen LogP contribution in [-0.4, -0.2) is 26.2 Å². The van der Waals surface area contributed by atoms with Gasteiger partial charge < -0.3 is 14.4 Å². The third kappa shape index (κ3) is 2.13. The van der Waals surface area contributed by atoms with Crippen molar-refractivity contribution in [2.24, 2.45) is 0 Å². The molecular weight excluding hydrogens is 190 g/mol. The highest BCUT2D eigenvalue weighted by atomic mass is 16.7. The Labute approximate surface area is 90.6 Å². The standard InChI is InChI=1S/C12H17NO2/c1-3-13(12-14-8-9-15-12)11-7-5-4-6-10(11)2/h4-7,12H,3,8-9H2,1-2H3. The van der Waals surface area contributed by atoms with Crippen LogP contribution in [0.3, 0.4) is 0 Å². The second-order valence-corrected chi connectivity index (χ2v) is 3.62. The molecule has 0 bridgehead atoms. The molecule has 1 fully saturated rings. The molecule has 0 amide bonds. The van der Waals surface area contributed by atoms with Gasteiger partial charge in [-0.05, 0) is 25.5 Å². The molecule has 1 aliphatic heterocycles. The molecule has 3 nitrogen and oxygen atoms in total. The Morgan fingerprint density at radius 3 is 2.53 bits per heavy atom. The first-order valence-corrected chi connectivity index (χ1v) is 5.38. The monoisotopic (exact) mass is 207 g/mol. The van der Waals surface area contributed by atoms with Crippen LogP contribution in [0.15, 0.2) is 24.3 Å². The van der Waals surface area contributed by atoms with E-state index in [-0.39, 0.29) is 6.41 Å². The summed E-state index contributed by atoms with van der Waals surface area (Å²) in [7, 11) is 0. The van der Waals surface area contributed by atoms with E-state index in [1.807, 2.05) is 12.1 Å². The van der Waals surface area contributed by atoms with Crippen molar-refractivity contribution in [3.05, 3.63) is 29.8 Å². The molecule has 1 heterocycles. The van der Waals surface area contributed by atoms with Gasteiger partial charge in [0.15, 0.2) is 0 Å². The number of aryl methyl sites for hydroxylation is 1. The molecule has 1 saturated heterocycles. The van der Waals surface area contributed by atoms with Crippen molar-refractivity contribution in [1.82, 2.24) is 0 Å². The number of benzene rings is 1. The Kier molecular flexibility index (Phi) is 3.23. The average Bonchev–Trinajstić information content (AvgIpc) is 2.75. The van der Waals surface area contributed by atoms with Gasteiger partial charge in [0.1, 0.15) is 0 Å². The van der Waals surface area contributed by atoms with Gasteiger partial charge in [-0.3, -0.25) is 0 Å². The van der Waals surface area contributed by atoms with Gasteiger partial charge >= 0.3 is 0 Å². The highest BCUT2D eigenvalue weighted by Gasteiger charge is 2.23. The summed E-state index contributed by atoms with van der Waals surface area (Å²) in [6, 6.07) is 8.29. The quantitative estimate of drug-likeness (QED) is 0.758. The van der Waals surface area contributed by atoms with Crippen molar-refractivity contribution in [2.45, 2.75) is 20.3 Å². The molecule has 0 atom stereocenters. The molecular formula is C12H17NO2. The van der Waals surface area contributed by atoms with Gasteiger partial charge in [0, 0.05) is 12.2 Å². The maximum atomic E-state index is 5.52. The average molecular weight is 207 g/mol. The number of anilines is 1. The molecule has 0 N–H and O–H groups in total. The Morgan fingerprint density at radius 1 is 1.27 bits per heavy atom. The van der Waals surface area contributed by atoms with E-state index in [4.69, 9.17) is 9.47 Å². The minimum atomic E-state index is -0.212. The van der Waals surface area contributed by atoms with E-state index >= 15 is 0 Å². The maximum Gasteiger partial charge on any atom is 0.240 e. The normalized spacial score (nSPS) is 16.9. The zero-order valence-corrected chi connectivity index (χ0v) is 9.27. The third-order valence-electron chi connectivity index (χ3n) is 2.62. The number of para-hydroxylation sites is 1. The Bertz CT molecular complexity index is 321. The lowest BCUT2D eigenvalue weighted by atomic mass is 10.2. The first-order chi connectivity index (χ1) is 7.33. The van der Waals surface area contributed by atoms with Crippen LogP contribution in [0.2, 0.25) is 0 Å². The first kappa shape index (κ1) is 10.5. The van der Waals surface area contributed by atoms with Crippen molar-refractivity contribution >= 4 is 5.69 Å². The Morgan fingerprint density at radius 2 is 1.93 bits per heavy atom. The van der Waals surface area contributed by atoms with Gasteiger partial charge in [-0.15, -0.1) is 0 Å². The van der Waals surface area contributed by atoms with Crippen LogP contribution in [-0.2, 0) is 9.47 Å². The SMILES string of the molecule is CCN(c1ccccc1C)C1OCCO1. The molecule has 0 spiro atoms. The predicted molar refractivity (Wildman–Crippen MR) is 59.9 cm³/mol. The number of nitrogens with zero attached hydrogens (tertiary/aromatic N) is 1. The molecule has 0 aliphatic carbocycles. The van der Waals surface area contributed by atoms with E-state index in [2.05, 4.69) is 30.9 Å². The van der Waals surface area contributed by atoms with Crippen LogP contribution in [0, 0.1) is 6.92 Å². The fourth-order valence-corrected chi connectivity index (χ4v) is 1.84. The fourth-order valence-electron chi connectivity index (χ4n) is 1.84. The highest BCUT2D eigenvalue weighted by Crippen LogP contribution is 2.23. The molecule has 82 valence electrons. The summed E-state index contributed by atoms with van der Waals surface area (Å²) in [6.45, 7) is 6.47. The zero-order valence-electron chi connectivity index (χ0n) is 9.27. The van der Waals surface area contributed by atoms with E-state index in [1.165, 1.54) is 11.3 Å². The third-order valence-corrected chi connectivity index (χ3v) is 2.62. The fraction of sp³-hybridized carbons (Fsp3) is 0.500. The molecule has 15 heavy (non-hydrogen) atoms. The van der Waals surface area contributed by atoms with E-state index in [0.717, 1.165) is 6.54 Å². The van der Waals surface area contributed by atoms with Crippen LogP contribution in [0.25, 0.3) is 0 Å². The van der Waals surface area contributed by atoms with Crippen LogP contribution in [0.1, 0.15) is 12.5 Å². The number of hydrogen-bond acceptors (Lipinski definition) is 3. The van der Waals surface area contributed by atoms with Crippen LogP contribution in [0.5, 0.6) is 0 Å². The minimum Gasteiger partial charge on any atom is -0.333 e. The summed E-state index contributed by atoms with van der Waals surface area (Å²) in [5, 5.41) is 0. The number of ether oxygens (including phenoxy) is 2. The van der Waals surface area contributed by atoms with Gasteiger partial charge in [-0.2, -0.15) is 0 Å². The van der Waals surface area contributed by atoms with E-state index in [9.17, 15) is 0 Å². The summed E-state index contributed by atoms with van der Waals surface area (Å²) >= 11 is 0. The molecule has 0 unspecified atom stereocenters. The van der Waals surface area contributed by atoms with Crippen molar-refractivity contribution in [2.75, 3.05) is 24.7 Å². The van der Waals surface area contributed by atoms with E-state index in [1.54, 1.807) is 0 Å². The lowest BCUT2D eigenvalue weighted by molar-refractivity contribution is -0.0419. The van der Waals surface area contributed by atoms with Crippen LogP contribution < -0.4 is 4.90 Å². The highest BCUT2D eigenvalue weighted by molar-refractivity contribution is 5.52. The summed E-state index contributed by atoms with van der Waals surface area (Å²) in [5.41, 5.74) is 2.44. The molecule has 3 heteroatoms. The number of rotatable bonds is 3. The minimum absolute atomic E-state index is 0.212. The van der Waals surface area contributed by atoms with Crippen molar-refractivity contribution in [3.8, 4) is 0 Å². The summed E-state index contributed by atoms with van der Waals surface area (Å²) in [6.07, 6.45) is -0.212. The Hall–Kier alpha value is -1.06. The molecule has 1 aromatic rings. The van der Waals surface area contributed by atoms with E-state index in [0.29, 0.717) is 13.2 Å². The van der Waals surface area contributed by atoms with Gasteiger partial charge in [0.2, 0.25) is 6.41 Å².